The average molecular weight is 318 g/mol. The van der Waals surface area contributed by atoms with Gasteiger partial charge >= 0.3 is 0 Å². The number of nitrogens with two attached hydrogens (primary N) is 1. The quantitative estimate of drug-likeness (QED) is 0.591. The van der Waals surface area contributed by atoms with E-state index in [-0.39, 0.29) is 0 Å². The zero-order chi connectivity index (χ0) is 14.7. The van der Waals surface area contributed by atoms with Crippen molar-refractivity contribution in [2.24, 2.45) is 0 Å². The maximum atomic E-state index is 6.14. The molecule has 2 aromatic heterocycles. The highest BCUT2D eigenvalue weighted by molar-refractivity contribution is 7.98. The normalized spacial score (nSPS) is 10.7. The second-order valence-electron chi connectivity index (χ2n) is 4.29. The number of pyridine rings is 1. The van der Waals surface area contributed by atoms with Gasteiger partial charge in [0.15, 0.2) is 5.82 Å². The molecular weight excluding hydrogens is 306 g/mol. The van der Waals surface area contributed by atoms with Gasteiger partial charge in [-0.3, -0.25) is 4.98 Å². The van der Waals surface area contributed by atoms with Crippen LogP contribution in [0.25, 0.3) is 11.4 Å². The zero-order valence-electron chi connectivity index (χ0n) is 11.0. The molecule has 0 unspecified atom stereocenters. The first-order valence-electron chi connectivity index (χ1n) is 6.23. The fourth-order valence-corrected chi connectivity index (χ4v) is 2.97. The van der Waals surface area contributed by atoms with Gasteiger partial charge < -0.3 is 5.84 Å². The van der Waals surface area contributed by atoms with Crippen LogP contribution in [0.2, 0.25) is 5.02 Å². The Kier molecular flexibility index (Phi) is 4.08. The predicted molar refractivity (Wildman–Crippen MR) is 84.4 cm³/mol. The lowest BCUT2D eigenvalue weighted by Crippen LogP contribution is -2.11. The van der Waals surface area contributed by atoms with E-state index < -0.39 is 0 Å². The number of benzene rings is 1. The van der Waals surface area contributed by atoms with Gasteiger partial charge in [0.2, 0.25) is 5.16 Å². The first kappa shape index (κ1) is 13.9. The molecule has 106 valence electrons. The van der Waals surface area contributed by atoms with Crippen LogP contribution in [0.15, 0.2) is 53.9 Å². The van der Waals surface area contributed by atoms with E-state index >= 15 is 0 Å². The maximum Gasteiger partial charge on any atom is 0.210 e. The zero-order valence-corrected chi connectivity index (χ0v) is 12.6. The number of halogens is 1. The first-order chi connectivity index (χ1) is 10.3. The molecule has 0 radical (unpaired) electrons. The summed E-state index contributed by atoms with van der Waals surface area (Å²) in [6.07, 6.45) is 3.39. The van der Waals surface area contributed by atoms with Crippen molar-refractivity contribution in [3.8, 4) is 11.4 Å². The molecule has 2 heterocycles. The molecule has 21 heavy (non-hydrogen) atoms. The van der Waals surface area contributed by atoms with Crippen LogP contribution >= 0.6 is 23.4 Å². The van der Waals surface area contributed by atoms with E-state index in [9.17, 15) is 0 Å². The lowest BCUT2D eigenvalue weighted by molar-refractivity contribution is 0.849. The Bertz CT molecular complexity index is 744. The van der Waals surface area contributed by atoms with E-state index in [0.717, 1.165) is 16.1 Å². The Balaban J connectivity index is 1.79. The van der Waals surface area contributed by atoms with Crippen LogP contribution in [-0.4, -0.2) is 19.9 Å². The highest BCUT2D eigenvalue weighted by Gasteiger charge is 2.12. The minimum absolute atomic E-state index is 0.610. The summed E-state index contributed by atoms with van der Waals surface area (Å²) in [6.45, 7) is 0. The number of nitrogen functional groups attached to an aromatic ring is 1. The van der Waals surface area contributed by atoms with E-state index in [1.807, 2.05) is 36.4 Å². The summed E-state index contributed by atoms with van der Waals surface area (Å²) in [5, 5.41) is 9.63. The maximum absolute atomic E-state index is 6.14. The smallest absolute Gasteiger partial charge is 0.210 e. The molecule has 7 heteroatoms. The van der Waals surface area contributed by atoms with E-state index in [1.54, 1.807) is 12.4 Å². The van der Waals surface area contributed by atoms with Crippen molar-refractivity contribution >= 4 is 23.4 Å². The van der Waals surface area contributed by atoms with Crippen LogP contribution in [0.1, 0.15) is 5.56 Å². The monoisotopic (exact) mass is 317 g/mol. The van der Waals surface area contributed by atoms with Crippen LogP contribution in [0.4, 0.5) is 0 Å². The van der Waals surface area contributed by atoms with Gasteiger partial charge in [-0.25, -0.2) is 4.68 Å². The van der Waals surface area contributed by atoms with Crippen LogP contribution in [0.3, 0.4) is 0 Å². The van der Waals surface area contributed by atoms with Gasteiger partial charge in [-0.2, -0.15) is 0 Å². The predicted octanol–water partition coefficient (Wildman–Crippen LogP) is 3.00. The fraction of sp³-hybridized carbons (Fsp3) is 0.0714. The summed E-state index contributed by atoms with van der Waals surface area (Å²) >= 11 is 7.63. The lowest BCUT2D eigenvalue weighted by atomic mass is 10.2. The second kappa shape index (κ2) is 6.15. The van der Waals surface area contributed by atoms with Crippen LogP contribution < -0.4 is 5.84 Å². The summed E-state index contributed by atoms with van der Waals surface area (Å²) in [7, 11) is 0. The molecule has 0 aliphatic rings. The Morgan fingerprint density at radius 3 is 2.62 bits per heavy atom. The number of rotatable bonds is 4. The molecule has 5 nitrogen and oxygen atoms in total. The van der Waals surface area contributed by atoms with Crippen molar-refractivity contribution in [1.82, 2.24) is 19.9 Å². The standard InChI is InChI=1S/C14H12ClN5S/c15-12-4-2-1-3-11(12)9-21-14-19-18-13(20(14)16)10-5-7-17-8-6-10/h1-8H,9,16H2. The molecule has 0 amide bonds. The summed E-state index contributed by atoms with van der Waals surface area (Å²) in [5.74, 6) is 7.35. The molecule has 0 spiro atoms. The second-order valence-corrected chi connectivity index (χ2v) is 5.64. The van der Waals surface area contributed by atoms with E-state index in [0.29, 0.717) is 16.7 Å². The molecule has 0 aliphatic carbocycles. The summed E-state index contributed by atoms with van der Waals surface area (Å²) in [4.78, 5) is 3.97. The topological polar surface area (TPSA) is 69.6 Å². The van der Waals surface area contributed by atoms with E-state index in [2.05, 4.69) is 15.2 Å². The molecule has 0 bridgehead atoms. The third-order valence-corrected chi connectivity index (χ3v) is 4.28. The lowest BCUT2D eigenvalue weighted by Gasteiger charge is -2.04. The van der Waals surface area contributed by atoms with Crippen molar-refractivity contribution in [2.75, 3.05) is 5.84 Å². The van der Waals surface area contributed by atoms with Gasteiger partial charge in [-0.15, -0.1) is 10.2 Å². The third kappa shape index (κ3) is 3.01. The van der Waals surface area contributed by atoms with E-state index in [4.69, 9.17) is 17.4 Å². The summed E-state index contributed by atoms with van der Waals surface area (Å²) < 4.78 is 1.48. The number of hydrogen-bond acceptors (Lipinski definition) is 5. The SMILES string of the molecule is Nn1c(SCc2ccccc2Cl)nnc1-c1ccncc1. The Labute approximate surface area is 131 Å². The van der Waals surface area contributed by atoms with Crippen molar-refractivity contribution in [3.05, 3.63) is 59.4 Å². The van der Waals surface area contributed by atoms with Gasteiger partial charge in [0.1, 0.15) is 0 Å². The number of thioether (sulfide) groups is 1. The number of hydrogen-bond donors (Lipinski definition) is 1. The van der Waals surface area contributed by atoms with Crippen LogP contribution in [0, 0.1) is 0 Å². The highest BCUT2D eigenvalue weighted by Crippen LogP contribution is 2.26. The van der Waals surface area contributed by atoms with Gasteiger partial charge in [0.05, 0.1) is 0 Å². The average Bonchev–Trinajstić information content (AvgIpc) is 2.88. The number of nitrogens with zero attached hydrogens (tertiary/aromatic N) is 4. The molecule has 0 saturated carbocycles. The molecule has 1 aromatic carbocycles. The molecule has 0 atom stereocenters. The van der Waals surface area contributed by atoms with Gasteiger partial charge in [-0.05, 0) is 23.8 Å². The third-order valence-electron chi connectivity index (χ3n) is 2.92. The van der Waals surface area contributed by atoms with Gasteiger partial charge in [0.25, 0.3) is 0 Å². The van der Waals surface area contributed by atoms with E-state index in [1.165, 1.54) is 16.4 Å². The summed E-state index contributed by atoms with van der Waals surface area (Å²) in [5.41, 5.74) is 1.92. The molecule has 3 aromatic rings. The Hall–Kier alpha value is -2.05. The highest BCUT2D eigenvalue weighted by atomic mass is 35.5. The largest absolute Gasteiger partial charge is 0.335 e. The minimum Gasteiger partial charge on any atom is -0.335 e. The van der Waals surface area contributed by atoms with Crippen LogP contribution in [-0.2, 0) is 5.75 Å². The van der Waals surface area contributed by atoms with Crippen molar-refractivity contribution in [2.45, 2.75) is 10.9 Å². The molecule has 0 aliphatic heterocycles. The fourth-order valence-electron chi connectivity index (χ4n) is 1.83. The van der Waals surface area contributed by atoms with Gasteiger partial charge in [-0.1, -0.05) is 41.6 Å². The Morgan fingerprint density at radius 2 is 1.86 bits per heavy atom. The molecular formula is C14H12ClN5S. The summed E-state index contributed by atoms with van der Waals surface area (Å²) in [6, 6.07) is 11.4. The van der Waals surface area contributed by atoms with Crippen molar-refractivity contribution < 1.29 is 0 Å². The molecule has 2 N–H and O–H groups in total. The minimum atomic E-state index is 0.610. The van der Waals surface area contributed by atoms with Crippen molar-refractivity contribution in [3.63, 3.8) is 0 Å². The van der Waals surface area contributed by atoms with Crippen molar-refractivity contribution in [1.29, 1.82) is 0 Å². The van der Waals surface area contributed by atoms with Gasteiger partial charge in [0, 0.05) is 28.7 Å². The molecule has 0 saturated heterocycles. The number of aromatic nitrogens is 4. The Morgan fingerprint density at radius 1 is 1.10 bits per heavy atom. The molecule has 3 rings (SSSR count). The van der Waals surface area contributed by atoms with Crippen LogP contribution in [0.5, 0.6) is 0 Å². The molecule has 0 fully saturated rings. The first-order valence-corrected chi connectivity index (χ1v) is 7.59.